The highest BCUT2D eigenvalue weighted by molar-refractivity contribution is 7.53. The zero-order chi connectivity index (χ0) is 28.5. The van der Waals surface area contributed by atoms with Crippen molar-refractivity contribution < 1.29 is 28.6 Å². The average molecular weight is 598 g/mol. The standard InChI is InChI=1S/C27H41ClN5O6P/c1-5-37-40(36,38-6-2)8-7-17-19(34)20(35)23(39-17)33-15-29-18-21(30-24(28)31-22(18)33)32-27-11-16-9-25(3,13-27)12-26(4,10-16)14-27/h15-17,19-20,23,34-35H,5-14H2,1-4H3,(H,30,31,32)/t16?,17-,19?,20?,23-,25-,26+,27?/m1/s1. The molecule has 0 amide bonds. The fraction of sp³-hybridized carbons (Fsp3) is 0.815. The zero-order valence-corrected chi connectivity index (χ0v) is 25.3. The van der Waals surface area contributed by atoms with Crippen LogP contribution in [0.3, 0.4) is 0 Å². The Morgan fingerprint density at radius 2 is 1.77 bits per heavy atom. The molecule has 11 nitrogen and oxygen atoms in total. The Labute approximate surface area is 239 Å². The van der Waals surface area contributed by atoms with Gasteiger partial charge in [0.2, 0.25) is 5.28 Å². The molecule has 5 fully saturated rings. The third-order valence-electron chi connectivity index (χ3n) is 9.35. The van der Waals surface area contributed by atoms with E-state index in [-0.39, 0.29) is 36.6 Å². The minimum Gasteiger partial charge on any atom is -0.388 e. The van der Waals surface area contributed by atoms with E-state index in [9.17, 15) is 14.8 Å². The predicted octanol–water partition coefficient (Wildman–Crippen LogP) is 4.92. The Morgan fingerprint density at radius 1 is 1.10 bits per heavy atom. The Kier molecular flexibility index (Phi) is 7.30. The molecule has 0 spiro atoms. The molecule has 7 rings (SSSR count). The molecule has 1 saturated heterocycles. The van der Waals surface area contributed by atoms with Gasteiger partial charge < -0.3 is 29.3 Å². The van der Waals surface area contributed by atoms with E-state index in [1.54, 1.807) is 18.4 Å². The highest BCUT2D eigenvalue weighted by atomic mass is 35.5. The SMILES string of the molecule is CCOP(=O)(CC[C@H]1O[C@@H](n2cnc3c(NC45CC6C[C@@](C)(C4)C[C@](C)(C6)C5)nc(Cl)nc32)C(O)C1O)OCC. The molecule has 0 radical (unpaired) electrons. The van der Waals surface area contributed by atoms with E-state index in [0.29, 0.717) is 33.7 Å². The molecule has 4 aliphatic carbocycles. The quantitative estimate of drug-likeness (QED) is 0.255. The molecule has 40 heavy (non-hydrogen) atoms. The zero-order valence-electron chi connectivity index (χ0n) is 23.7. The van der Waals surface area contributed by atoms with Crippen molar-refractivity contribution in [2.75, 3.05) is 24.7 Å². The summed E-state index contributed by atoms with van der Waals surface area (Å²) in [6.07, 6.45) is 4.68. The third kappa shape index (κ3) is 5.10. The van der Waals surface area contributed by atoms with Gasteiger partial charge in [0.05, 0.1) is 31.8 Å². The van der Waals surface area contributed by atoms with E-state index in [4.69, 9.17) is 25.4 Å². The van der Waals surface area contributed by atoms with E-state index >= 15 is 0 Å². The van der Waals surface area contributed by atoms with Crippen molar-refractivity contribution in [2.45, 2.75) is 103 Å². The monoisotopic (exact) mass is 597 g/mol. The maximum atomic E-state index is 12.9. The van der Waals surface area contributed by atoms with Gasteiger partial charge in [-0.3, -0.25) is 9.13 Å². The van der Waals surface area contributed by atoms with Gasteiger partial charge in [0.1, 0.15) is 12.2 Å². The molecule has 5 aliphatic rings. The van der Waals surface area contributed by atoms with E-state index < -0.39 is 32.1 Å². The van der Waals surface area contributed by atoms with Crippen molar-refractivity contribution in [3.05, 3.63) is 11.6 Å². The number of halogens is 1. The summed E-state index contributed by atoms with van der Waals surface area (Å²) in [6.45, 7) is 8.83. The normalized spacial score (nSPS) is 38.9. The van der Waals surface area contributed by atoms with Crippen LogP contribution in [0.2, 0.25) is 5.28 Å². The number of aliphatic hydroxyl groups excluding tert-OH is 2. The Hall–Kier alpha value is -1.33. The Bertz CT molecular complexity index is 1300. The number of ether oxygens (including phenoxy) is 1. The Morgan fingerprint density at radius 3 is 2.40 bits per heavy atom. The summed E-state index contributed by atoms with van der Waals surface area (Å²) in [4.78, 5) is 13.6. The number of rotatable bonds is 10. The lowest BCUT2D eigenvalue weighted by Gasteiger charge is -2.65. The van der Waals surface area contributed by atoms with Crippen molar-refractivity contribution in [3.8, 4) is 0 Å². The third-order valence-corrected chi connectivity index (χ3v) is 11.6. The first-order valence-electron chi connectivity index (χ1n) is 14.5. The second-order valence-electron chi connectivity index (χ2n) is 13.2. The topological polar surface area (TPSA) is 141 Å². The van der Waals surface area contributed by atoms with Crippen LogP contribution in [-0.2, 0) is 18.3 Å². The molecule has 13 heteroatoms. The van der Waals surface area contributed by atoms with Gasteiger partial charge in [-0.1, -0.05) is 13.8 Å². The second kappa shape index (κ2) is 10.1. The van der Waals surface area contributed by atoms with Gasteiger partial charge in [-0.05, 0) is 87.1 Å². The van der Waals surface area contributed by atoms with Crippen LogP contribution in [0.5, 0.6) is 0 Å². The van der Waals surface area contributed by atoms with Crippen LogP contribution in [0.15, 0.2) is 6.33 Å². The summed E-state index contributed by atoms with van der Waals surface area (Å²) in [7, 11) is -3.33. The lowest BCUT2D eigenvalue weighted by Crippen LogP contribution is -2.61. The summed E-state index contributed by atoms with van der Waals surface area (Å²) in [5.74, 6) is 1.28. The van der Waals surface area contributed by atoms with Crippen molar-refractivity contribution in [1.82, 2.24) is 19.5 Å². The molecule has 0 aromatic carbocycles. The van der Waals surface area contributed by atoms with Crippen molar-refractivity contribution in [3.63, 3.8) is 0 Å². The number of fused-ring (bicyclic) bond motifs is 1. The van der Waals surface area contributed by atoms with Crippen molar-refractivity contribution >= 4 is 36.2 Å². The minimum atomic E-state index is -3.33. The van der Waals surface area contributed by atoms with Crippen LogP contribution in [0.4, 0.5) is 5.82 Å². The van der Waals surface area contributed by atoms with E-state index in [1.807, 2.05) is 0 Å². The molecule has 3 heterocycles. The molecule has 2 aromatic heterocycles. The summed E-state index contributed by atoms with van der Waals surface area (Å²) in [5.41, 5.74) is 1.52. The summed E-state index contributed by atoms with van der Waals surface area (Å²) >= 11 is 6.44. The van der Waals surface area contributed by atoms with Crippen LogP contribution in [0.1, 0.15) is 78.9 Å². The second-order valence-corrected chi connectivity index (χ2v) is 15.7. The first-order valence-corrected chi connectivity index (χ1v) is 16.6. The van der Waals surface area contributed by atoms with E-state index in [0.717, 1.165) is 19.3 Å². The number of aromatic nitrogens is 4. The maximum Gasteiger partial charge on any atom is 0.330 e. The van der Waals surface area contributed by atoms with E-state index in [1.165, 1.54) is 25.6 Å². The number of anilines is 1. The smallest absolute Gasteiger partial charge is 0.330 e. The van der Waals surface area contributed by atoms with Crippen LogP contribution in [-0.4, -0.2) is 73.0 Å². The van der Waals surface area contributed by atoms with Gasteiger partial charge in [-0.25, -0.2) is 4.98 Å². The summed E-state index contributed by atoms with van der Waals surface area (Å²) in [5, 5.41) is 25.6. The van der Waals surface area contributed by atoms with Gasteiger partial charge in [0.15, 0.2) is 23.2 Å². The summed E-state index contributed by atoms with van der Waals surface area (Å²) in [6, 6.07) is 0. The molecule has 4 unspecified atom stereocenters. The fourth-order valence-electron chi connectivity index (χ4n) is 9.04. The first-order chi connectivity index (χ1) is 18.9. The minimum absolute atomic E-state index is 0.0590. The van der Waals surface area contributed by atoms with Gasteiger partial charge in [0, 0.05) is 5.54 Å². The van der Waals surface area contributed by atoms with Crippen LogP contribution in [0, 0.1) is 16.7 Å². The fourth-order valence-corrected chi connectivity index (χ4v) is 10.9. The molecule has 222 valence electrons. The number of hydrogen-bond donors (Lipinski definition) is 3. The van der Waals surface area contributed by atoms with E-state index in [2.05, 4.69) is 34.1 Å². The average Bonchev–Trinajstić information content (AvgIpc) is 3.36. The molecule has 8 atom stereocenters. The number of nitrogens with zero attached hydrogens (tertiary/aromatic N) is 4. The van der Waals surface area contributed by atoms with Crippen LogP contribution in [0.25, 0.3) is 11.2 Å². The van der Waals surface area contributed by atoms with Crippen molar-refractivity contribution in [2.24, 2.45) is 16.7 Å². The highest BCUT2D eigenvalue weighted by Gasteiger charge is 2.60. The molecular weight excluding hydrogens is 557 g/mol. The largest absolute Gasteiger partial charge is 0.388 e. The molecule has 2 aromatic rings. The van der Waals surface area contributed by atoms with Gasteiger partial charge in [-0.15, -0.1) is 0 Å². The Balaban J connectivity index is 1.25. The molecule has 4 saturated carbocycles. The van der Waals surface area contributed by atoms with Gasteiger partial charge in [0.25, 0.3) is 0 Å². The van der Waals surface area contributed by atoms with Crippen LogP contribution >= 0.6 is 19.2 Å². The predicted molar refractivity (Wildman–Crippen MR) is 150 cm³/mol. The summed E-state index contributed by atoms with van der Waals surface area (Å²) < 4.78 is 31.3. The molecule has 1 aliphatic heterocycles. The first kappa shape index (κ1) is 28.8. The number of nitrogens with one attached hydrogen (secondary N) is 1. The number of aliphatic hydroxyl groups is 2. The molecular formula is C27H41ClN5O6P. The van der Waals surface area contributed by atoms with Gasteiger partial charge >= 0.3 is 7.60 Å². The molecule has 3 N–H and O–H groups in total. The lowest BCUT2D eigenvalue weighted by atomic mass is 9.43. The van der Waals surface area contributed by atoms with Gasteiger partial charge in [-0.2, -0.15) is 9.97 Å². The number of hydrogen-bond acceptors (Lipinski definition) is 10. The molecule has 4 bridgehead atoms. The lowest BCUT2D eigenvalue weighted by molar-refractivity contribution is -0.0973. The highest BCUT2D eigenvalue weighted by Crippen LogP contribution is 2.67. The number of imidazole rings is 1. The van der Waals surface area contributed by atoms with Crippen LogP contribution < -0.4 is 5.32 Å². The van der Waals surface area contributed by atoms with Crippen molar-refractivity contribution in [1.29, 1.82) is 0 Å². The maximum absolute atomic E-state index is 12.9.